The van der Waals surface area contributed by atoms with Crippen LogP contribution in [0.4, 0.5) is 0 Å². The lowest BCUT2D eigenvalue weighted by molar-refractivity contribution is 0.546. The summed E-state index contributed by atoms with van der Waals surface area (Å²) >= 11 is 5.73. The van der Waals surface area contributed by atoms with Crippen molar-refractivity contribution in [2.75, 3.05) is 6.54 Å². The molecule has 0 saturated heterocycles. The van der Waals surface area contributed by atoms with Crippen LogP contribution in [0.5, 0.6) is 0 Å². The number of nitrogens with one attached hydrogen (secondary N) is 1. The molecule has 0 amide bonds. The summed E-state index contributed by atoms with van der Waals surface area (Å²) in [6, 6.07) is 8.10. The first-order valence-corrected chi connectivity index (χ1v) is 6.13. The lowest BCUT2D eigenvalue weighted by atomic mass is 10.1. The van der Waals surface area contributed by atoms with Gasteiger partial charge in [-0.3, -0.25) is 0 Å². The zero-order chi connectivity index (χ0) is 12.3. The molecule has 0 radical (unpaired) electrons. The second-order valence-electron chi connectivity index (χ2n) is 3.97. The van der Waals surface area contributed by atoms with Crippen molar-refractivity contribution in [3.8, 4) is 0 Å². The Morgan fingerprint density at radius 3 is 2.88 bits per heavy atom. The maximum absolute atomic E-state index is 5.81. The normalized spacial score (nSPS) is 10.9. The molecular weight excluding hydrogens is 234 g/mol. The van der Waals surface area contributed by atoms with Crippen LogP contribution in [0.2, 0.25) is 0 Å². The molecule has 0 saturated carbocycles. The number of hydrogen-bond donors (Lipinski definition) is 1. The number of benzene rings is 1. The molecule has 0 atom stereocenters. The van der Waals surface area contributed by atoms with E-state index in [9.17, 15) is 0 Å². The van der Waals surface area contributed by atoms with Gasteiger partial charge in [0.1, 0.15) is 11.3 Å². The van der Waals surface area contributed by atoms with Gasteiger partial charge in [-0.1, -0.05) is 43.3 Å². The maximum atomic E-state index is 5.81. The Morgan fingerprint density at radius 1 is 1.41 bits per heavy atom. The third-order valence-corrected chi connectivity index (χ3v) is 2.86. The van der Waals surface area contributed by atoms with E-state index in [0.29, 0.717) is 11.6 Å². The molecule has 90 valence electrons. The largest absolute Gasteiger partial charge is 0.461 e. The third-order valence-electron chi connectivity index (χ3n) is 2.72. The van der Waals surface area contributed by atoms with Crippen molar-refractivity contribution in [1.29, 1.82) is 0 Å². The number of furan rings is 1. The van der Waals surface area contributed by atoms with Crippen LogP contribution in [0.15, 0.2) is 40.3 Å². The van der Waals surface area contributed by atoms with Gasteiger partial charge in [0, 0.05) is 35.5 Å². The van der Waals surface area contributed by atoms with Crippen LogP contribution >= 0.6 is 11.6 Å². The Labute approximate surface area is 106 Å². The fraction of sp³-hybridized carbons (Fsp3) is 0.286. The average Bonchev–Trinajstić information content (AvgIpc) is 2.67. The van der Waals surface area contributed by atoms with Gasteiger partial charge in [0.05, 0.1) is 0 Å². The first-order chi connectivity index (χ1) is 8.22. The van der Waals surface area contributed by atoms with E-state index < -0.39 is 0 Å². The van der Waals surface area contributed by atoms with Crippen LogP contribution in [0, 0.1) is 0 Å². The van der Waals surface area contributed by atoms with E-state index in [4.69, 9.17) is 16.0 Å². The smallest absolute Gasteiger partial charge is 0.134 e. The number of para-hydroxylation sites is 1. The Morgan fingerprint density at radius 2 is 2.18 bits per heavy atom. The second-order valence-corrected chi connectivity index (χ2v) is 4.51. The van der Waals surface area contributed by atoms with E-state index in [2.05, 4.69) is 24.9 Å². The molecule has 2 aromatic rings. The number of hydrogen-bond acceptors (Lipinski definition) is 2. The fourth-order valence-electron chi connectivity index (χ4n) is 1.95. The Kier molecular flexibility index (Phi) is 3.87. The summed E-state index contributed by atoms with van der Waals surface area (Å²) < 4.78 is 5.81. The molecule has 0 bridgehead atoms. The predicted molar refractivity (Wildman–Crippen MR) is 72.3 cm³/mol. The summed E-state index contributed by atoms with van der Waals surface area (Å²) in [5, 5.41) is 5.06. The zero-order valence-corrected chi connectivity index (χ0v) is 10.7. The fourth-order valence-corrected chi connectivity index (χ4v) is 2.05. The van der Waals surface area contributed by atoms with Gasteiger partial charge in [0.2, 0.25) is 0 Å². The Hall–Kier alpha value is -1.25. The molecule has 1 aromatic heterocycles. The minimum absolute atomic E-state index is 0.615. The van der Waals surface area contributed by atoms with Crippen LogP contribution in [-0.4, -0.2) is 6.54 Å². The molecule has 0 aliphatic heterocycles. The summed E-state index contributed by atoms with van der Waals surface area (Å²) in [5.41, 5.74) is 2.17. The Bertz CT molecular complexity index is 530. The second kappa shape index (κ2) is 5.39. The van der Waals surface area contributed by atoms with Crippen molar-refractivity contribution >= 4 is 22.6 Å². The van der Waals surface area contributed by atoms with Crippen LogP contribution in [0.1, 0.15) is 18.2 Å². The molecule has 0 unspecified atom stereocenters. The topological polar surface area (TPSA) is 25.2 Å². The van der Waals surface area contributed by atoms with Crippen molar-refractivity contribution in [1.82, 2.24) is 5.32 Å². The van der Waals surface area contributed by atoms with Crippen molar-refractivity contribution in [2.45, 2.75) is 19.9 Å². The Balaban J connectivity index is 2.27. The van der Waals surface area contributed by atoms with Gasteiger partial charge in [-0.15, -0.1) is 0 Å². The van der Waals surface area contributed by atoms with Crippen LogP contribution in [0.25, 0.3) is 11.0 Å². The summed E-state index contributed by atoms with van der Waals surface area (Å²) in [5.74, 6) is 1.04. The van der Waals surface area contributed by atoms with Gasteiger partial charge < -0.3 is 9.73 Å². The first-order valence-electron chi connectivity index (χ1n) is 5.75. The van der Waals surface area contributed by atoms with Crippen LogP contribution < -0.4 is 5.32 Å². The van der Waals surface area contributed by atoms with Crippen LogP contribution in [-0.2, 0) is 13.0 Å². The highest BCUT2D eigenvalue weighted by atomic mass is 35.5. The number of aryl methyl sites for hydroxylation is 1. The maximum Gasteiger partial charge on any atom is 0.134 e. The molecule has 1 aromatic carbocycles. The molecule has 0 aliphatic carbocycles. The van der Waals surface area contributed by atoms with E-state index in [1.165, 1.54) is 10.9 Å². The number of fused-ring (bicyclic) bond motifs is 1. The van der Waals surface area contributed by atoms with E-state index in [-0.39, 0.29) is 0 Å². The zero-order valence-electron chi connectivity index (χ0n) is 9.92. The summed E-state index contributed by atoms with van der Waals surface area (Å²) in [6.45, 7) is 7.13. The molecule has 0 aliphatic rings. The van der Waals surface area contributed by atoms with E-state index in [0.717, 1.165) is 24.3 Å². The van der Waals surface area contributed by atoms with Gasteiger partial charge in [0.25, 0.3) is 0 Å². The minimum Gasteiger partial charge on any atom is -0.461 e. The summed E-state index contributed by atoms with van der Waals surface area (Å²) in [6.07, 6.45) is 0.896. The highest BCUT2D eigenvalue weighted by molar-refractivity contribution is 6.29. The van der Waals surface area contributed by atoms with Gasteiger partial charge in [-0.2, -0.15) is 0 Å². The molecule has 1 heterocycles. The molecule has 0 spiro atoms. The minimum atomic E-state index is 0.615. The lowest BCUT2D eigenvalue weighted by Crippen LogP contribution is -2.15. The summed E-state index contributed by atoms with van der Waals surface area (Å²) in [4.78, 5) is 0. The monoisotopic (exact) mass is 249 g/mol. The molecular formula is C14H16ClNO. The standard InChI is InChI=1S/C14H16ClNO/c1-3-13-12(9-16-8-10(2)15)11-6-4-5-7-14(11)17-13/h4-7,16H,2-3,8-9H2,1H3. The SMILES string of the molecule is C=C(Cl)CNCc1c(CC)oc2ccccc12. The predicted octanol–water partition coefficient (Wildman–Crippen LogP) is 3.84. The van der Waals surface area contributed by atoms with Crippen LogP contribution in [0.3, 0.4) is 0 Å². The first kappa shape index (κ1) is 12.2. The van der Waals surface area contributed by atoms with Gasteiger partial charge in [-0.05, 0) is 6.07 Å². The highest BCUT2D eigenvalue weighted by Gasteiger charge is 2.11. The van der Waals surface area contributed by atoms with Crippen molar-refractivity contribution in [3.05, 3.63) is 47.2 Å². The quantitative estimate of drug-likeness (QED) is 0.871. The number of rotatable bonds is 5. The highest BCUT2D eigenvalue weighted by Crippen LogP contribution is 2.26. The molecule has 1 N–H and O–H groups in total. The summed E-state index contributed by atoms with van der Waals surface area (Å²) in [7, 11) is 0. The molecule has 2 rings (SSSR count). The molecule has 2 nitrogen and oxygen atoms in total. The van der Waals surface area contributed by atoms with Gasteiger partial charge in [0.15, 0.2) is 0 Å². The van der Waals surface area contributed by atoms with E-state index in [1.807, 2.05) is 18.2 Å². The van der Waals surface area contributed by atoms with Gasteiger partial charge >= 0.3 is 0 Å². The third kappa shape index (κ3) is 2.71. The van der Waals surface area contributed by atoms with Gasteiger partial charge in [-0.25, -0.2) is 0 Å². The number of halogens is 1. The molecule has 17 heavy (non-hydrogen) atoms. The molecule has 3 heteroatoms. The van der Waals surface area contributed by atoms with E-state index in [1.54, 1.807) is 0 Å². The lowest BCUT2D eigenvalue weighted by Gasteiger charge is -2.03. The van der Waals surface area contributed by atoms with Crippen molar-refractivity contribution in [3.63, 3.8) is 0 Å². The van der Waals surface area contributed by atoms with Crippen molar-refractivity contribution < 1.29 is 4.42 Å². The van der Waals surface area contributed by atoms with Crippen molar-refractivity contribution in [2.24, 2.45) is 0 Å². The molecule has 0 fully saturated rings. The van der Waals surface area contributed by atoms with E-state index >= 15 is 0 Å². The average molecular weight is 250 g/mol.